The van der Waals surface area contributed by atoms with Crippen molar-refractivity contribution in [2.24, 2.45) is 5.92 Å². The molecule has 1 saturated carbocycles. The summed E-state index contributed by atoms with van der Waals surface area (Å²) in [7, 11) is 0. The zero-order valence-corrected chi connectivity index (χ0v) is 6.60. The summed E-state index contributed by atoms with van der Waals surface area (Å²) in [4.78, 5) is 0. The lowest BCUT2D eigenvalue weighted by Crippen LogP contribution is -2.04. The van der Waals surface area contributed by atoms with E-state index >= 15 is 0 Å². The van der Waals surface area contributed by atoms with Crippen molar-refractivity contribution in [1.29, 1.82) is 0 Å². The van der Waals surface area contributed by atoms with Crippen molar-refractivity contribution in [3.05, 3.63) is 12.7 Å². The van der Waals surface area contributed by atoms with Crippen molar-refractivity contribution in [2.75, 3.05) is 0 Å². The molecule has 1 rings (SSSR count). The third-order valence-electron chi connectivity index (χ3n) is 2.22. The molecule has 0 aromatic rings. The van der Waals surface area contributed by atoms with E-state index in [9.17, 15) is 0 Å². The van der Waals surface area contributed by atoms with Gasteiger partial charge in [0.15, 0.2) is 0 Å². The highest BCUT2D eigenvalue weighted by molar-refractivity contribution is 4.75. The molecular weight excluding hydrogens is 124 g/mol. The minimum Gasteiger partial charge on any atom is -0.412 e. The van der Waals surface area contributed by atoms with E-state index in [1.54, 1.807) is 0 Å². The molecule has 1 aliphatic rings. The lowest BCUT2D eigenvalue weighted by atomic mass is 9.87. The van der Waals surface area contributed by atoms with Crippen molar-refractivity contribution >= 4 is 0 Å². The van der Waals surface area contributed by atoms with Crippen molar-refractivity contribution in [3.63, 3.8) is 0 Å². The molecule has 60 valence electrons. The van der Waals surface area contributed by atoms with Crippen LogP contribution in [0.2, 0.25) is 0 Å². The second-order valence-electron chi connectivity index (χ2n) is 3.03. The first-order valence-electron chi connectivity index (χ1n) is 4.04. The molecule has 0 atom stereocenters. The maximum Gasteiger partial charge on any atom is -0.0325 e. The summed E-state index contributed by atoms with van der Waals surface area (Å²) in [6, 6.07) is 0. The summed E-state index contributed by atoms with van der Waals surface area (Å²) in [5.41, 5.74) is 0. The zero-order chi connectivity index (χ0) is 6.53. The molecule has 0 radical (unpaired) electrons. The van der Waals surface area contributed by atoms with Gasteiger partial charge in [0, 0.05) is 0 Å². The van der Waals surface area contributed by atoms with E-state index in [0.29, 0.717) is 0 Å². The molecule has 1 heteroatoms. The van der Waals surface area contributed by atoms with Crippen LogP contribution in [0.4, 0.5) is 0 Å². The van der Waals surface area contributed by atoms with Crippen LogP contribution in [-0.4, -0.2) is 5.48 Å². The fourth-order valence-electron chi connectivity index (χ4n) is 1.66. The summed E-state index contributed by atoms with van der Waals surface area (Å²) in [6.07, 6.45) is 10.6. The molecule has 1 nitrogen and oxygen atoms in total. The monoisotopic (exact) mass is 142 g/mol. The average Bonchev–Trinajstić information content (AvgIpc) is 1.91. The highest BCUT2D eigenvalue weighted by Crippen LogP contribution is 2.25. The molecule has 2 N–H and O–H groups in total. The number of hydrogen-bond donors (Lipinski definition) is 0. The average molecular weight is 142 g/mol. The Morgan fingerprint density at radius 2 is 1.80 bits per heavy atom. The minimum absolute atomic E-state index is 0. The molecule has 0 amide bonds. The quantitative estimate of drug-likeness (QED) is 0.530. The van der Waals surface area contributed by atoms with E-state index in [2.05, 4.69) is 12.7 Å². The van der Waals surface area contributed by atoms with Crippen molar-refractivity contribution < 1.29 is 5.48 Å². The van der Waals surface area contributed by atoms with E-state index < -0.39 is 0 Å². The maximum atomic E-state index is 3.75. The third-order valence-corrected chi connectivity index (χ3v) is 2.22. The van der Waals surface area contributed by atoms with Crippen molar-refractivity contribution in [2.45, 2.75) is 38.5 Å². The van der Waals surface area contributed by atoms with Crippen molar-refractivity contribution in [3.8, 4) is 0 Å². The van der Waals surface area contributed by atoms with Gasteiger partial charge in [-0.25, -0.2) is 0 Å². The van der Waals surface area contributed by atoms with Crippen LogP contribution in [0.5, 0.6) is 0 Å². The maximum absolute atomic E-state index is 3.75. The molecule has 0 unspecified atom stereocenters. The van der Waals surface area contributed by atoms with Crippen molar-refractivity contribution in [1.82, 2.24) is 0 Å². The molecule has 0 heterocycles. The molecule has 1 fully saturated rings. The van der Waals surface area contributed by atoms with Gasteiger partial charge in [0.25, 0.3) is 0 Å². The lowest BCUT2D eigenvalue weighted by molar-refractivity contribution is 0.361. The van der Waals surface area contributed by atoms with Gasteiger partial charge in [0.1, 0.15) is 0 Å². The minimum atomic E-state index is 0. The van der Waals surface area contributed by atoms with Gasteiger partial charge in [0.2, 0.25) is 0 Å². The third kappa shape index (κ3) is 3.02. The smallest absolute Gasteiger partial charge is 0.0325 e. The van der Waals surface area contributed by atoms with Gasteiger partial charge in [0.05, 0.1) is 0 Å². The fourth-order valence-corrected chi connectivity index (χ4v) is 1.66. The van der Waals surface area contributed by atoms with E-state index in [1.807, 2.05) is 0 Å². The van der Waals surface area contributed by atoms with Crippen LogP contribution < -0.4 is 0 Å². The second kappa shape index (κ2) is 5.48. The largest absolute Gasteiger partial charge is 0.412 e. The lowest BCUT2D eigenvalue weighted by Gasteiger charge is -2.19. The normalized spacial score (nSPS) is 19.6. The predicted molar refractivity (Wildman–Crippen MR) is 45.0 cm³/mol. The number of rotatable bonds is 2. The summed E-state index contributed by atoms with van der Waals surface area (Å²) in [5.74, 6) is 0.983. The first-order chi connectivity index (χ1) is 4.43. The Morgan fingerprint density at radius 3 is 2.30 bits per heavy atom. The first kappa shape index (κ1) is 9.70. The molecule has 1 aliphatic carbocycles. The predicted octanol–water partition coefficient (Wildman–Crippen LogP) is 2.32. The van der Waals surface area contributed by atoms with Crippen LogP contribution in [0.25, 0.3) is 0 Å². The van der Waals surface area contributed by atoms with Crippen LogP contribution in [0.1, 0.15) is 38.5 Å². The van der Waals surface area contributed by atoms with E-state index in [-0.39, 0.29) is 5.48 Å². The van der Waals surface area contributed by atoms with Gasteiger partial charge < -0.3 is 5.48 Å². The van der Waals surface area contributed by atoms with Gasteiger partial charge in [-0.05, 0) is 12.3 Å². The summed E-state index contributed by atoms with van der Waals surface area (Å²) in [6.45, 7) is 3.75. The number of hydrogen-bond acceptors (Lipinski definition) is 0. The SMILES string of the molecule is C=CCC1CCCCC1.O. The molecule has 0 aliphatic heterocycles. The summed E-state index contributed by atoms with van der Waals surface area (Å²) >= 11 is 0. The Balaban J connectivity index is 0.000000810. The van der Waals surface area contributed by atoms with Crippen LogP contribution in [0.15, 0.2) is 12.7 Å². The molecular formula is C9H18O. The standard InChI is InChI=1S/C9H16.H2O/c1-2-6-9-7-4-3-5-8-9;/h2,9H,1,3-8H2;1H2. The first-order valence-corrected chi connectivity index (χ1v) is 4.04. The van der Waals surface area contributed by atoms with E-state index in [0.717, 1.165) is 5.92 Å². The number of allylic oxidation sites excluding steroid dienone is 1. The van der Waals surface area contributed by atoms with Gasteiger partial charge in [-0.3, -0.25) is 0 Å². The molecule has 0 saturated heterocycles. The Bertz CT molecular complexity index is 82.7. The Kier molecular flexibility index (Phi) is 5.32. The van der Waals surface area contributed by atoms with Gasteiger partial charge >= 0.3 is 0 Å². The Labute approximate surface area is 63.4 Å². The van der Waals surface area contributed by atoms with E-state index in [4.69, 9.17) is 0 Å². The highest BCUT2D eigenvalue weighted by Gasteiger charge is 2.10. The molecule has 0 spiro atoms. The fraction of sp³-hybridized carbons (Fsp3) is 0.778. The van der Waals surface area contributed by atoms with Crippen LogP contribution in [0, 0.1) is 5.92 Å². The van der Waals surface area contributed by atoms with Gasteiger partial charge in [-0.15, -0.1) is 6.58 Å². The summed E-state index contributed by atoms with van der Waals surface area (Å²) < 4.78 is 0. The molecule has 10 heavy (non-hydrogen) atoms. The summed E-state index contributed by atoms with van der Waals surface area (Å²) in [5, 5.41) is 0. The molecule has 0 bridgehead atoms. The van der Waals surface area contributed by atoms with Crippen LogP contribution >= 0.6 is 0 Å². The van der Waals surface area contributed by atoms with Gasteiger partial charge in [-0.1, -0.05) is 38.2 Å². The van der Waals surface area contributed by atoms with Crippen LogP contribution in [-0.2, 0) is 0 Å². The Hall–Kier alpha value is -0.300. The van der Waals surface area contributed by atoms with E-state index in [1.165, 1.54) is 38.5 Å². The highest BCUT2D eigenvalue weighted by atomic mass is 16.0. The van der Waals surface area contributed by atoms with Crippen LogP contribution in [0.3, 0.4) is 0 Å². The molecule has 0 aromatic carbocycles. The zero-order valence-electron chi connectivity index (χ0n) is 6.60. The Morgan fingerprint density at radius 1 is 1.20 bits per heavy atom. The topological polar surface area (TPSA) is 31.5 Å². The second-order valence-corrected chi connectivity index (χ2v) is 3.03. The molecule has 0 aromatic heterocycles. The van der Waals surface area contributed by atoms with Gasteiger partial charge in [-0.2, -0.15) is 0 Å².